The number of nitrogens with one attached hydrogen (secondary N) is 1. The lowest BCUT2D eigenvalue weighted by atomic mass is 10.1. The van der Waals surface area contributed by atoms with E-state index in [1.54, 1.807) is 6.07 Å². The molecule has 0 radical (unpaired) electrons. The first-order valence-electron chi connectivity index (χ1n) is 5.09. The minimum Gasteiger partial charge on any atom is -0.351 e. The number of nitriles is 1. The lowest BCUT2D eigenvalue weighted by molar-refractivity contribution is -0.123. The van der Waals surface area contributed by atoms with Gasteiger partial charge in [-0.15, -0.1) is 0 Å². The zero-order valence-corrected chi connectivity index (χ0v) is 9.79. The summed E-state index contributed by atoms with van der Waals surface area (Å²) in [5, 5.41) is 12.0. The molecule has 1 aromatic rings. The molecule has 0 spiro atoms. The molecule has 1 rings (SSSR count). The SMILES string of the molecule is CCC(C#N)C(=O)NCc1ccccc1Cl. The molecule has 0 saturated heterocycles. The van der Waals surface area contributed by atoms with Gasteiger partial charge in [-0.3, -0.25) is 4.79 Å². The van der Waals surface area contributed by atoms with Gasteiger partial charge in [0.25, 0.3) is 0 Å². The Morgan fingerprint density at radius 3 is 2.81 bits per heavy atom. The molecule has 0 aliphatic carbocycles. The summed E-state index contributed by atoms with van der Waals surface area (Å²) in [6, 6.07) is 9.26. The average Bonchev–Trinajstić information content (AvgIpc) is 2.29. The lowest BCUT2D eigenvalue weighted by Gasteiger charge is -2.09. The topological polar surface area (TPSA) is 52.9 Å². The van der Waals surface area contributed by atoms with Crippen molar-refractivity contribution < 1.29 is 4.79 Å². The molecule has 1 aromatic carbocycles. The fourth-order valence-electron chi connectivity index (χ4n) is 1.28. The fraction of sp³-hybridized carbons (Fsp3) is 0.333. The molecule has 0 aliphatic heterocycles. The van der Waals surface area contributed by atoms with Crippen LogP contribution in [0, 0.1) is 17.2 Å². The molecule has 1 unspecified atom stereocenters. The summed E-state index contributed by atoms with van der Waals surface area (Å²) < 4.78 is 0. The molecule has 3 nitrogen and oxygen atoms in total. The molecule has 1 N–H and O–H groups in total. The van der Waals surface area contributed by atoms with Gasteiger partial charge in [0, 0.05) is 11.6 Å². The van der Waals surface area contributed by atoms with Crippen LogP contribution in [-0.4, -0.2) is 5.91 Å². The highest BCUT2D eigenvalue weighted by molar-refractivity contribution is 6.31. The third-order valence-corrected chi connectivity index (χ3v) is 2.66. The predicted octanol–water partition coefficient (Wildman–Crippen LogP) is 2.51. The molecular weight excluding hydrogens is 224 g/mol. The largest absolute Gasteiger partial charge is 0.351 e. The number of nitrogens with zero attached hydrogens (tertiary/aromatic N) is 1. The van der Waals surface area contributed by atoms with Crippen LogP contribution >= 0.6 is 11.6 Å². The van der Waals surface area contributed by atoms with Gasteiger partial charge in [-0.25, -0.2) is 0 Å². The summed E-state index contributed by atoms with van der Waals surface area (Å²) >= 11 is 5.94. The second-order valence-corrected chi connectivity index (χ2v) is 3.81. The van der Waals surface area contributed by atoms with Gasteiger partial charge in [-0.05, 0) is 18.1 Å². The Bertz CT molecular complexity index is 412. The molecule has 0 bridgehead atoms. The van der Waals surface area contributed by atoms with Gasteiger partial charge in [0.05, 0.1) is 6.07 Å². The summed E-state index contributed by atoms with van der Waals surface area (Å²) in [6.07, 6.45) is 0.519. The Kier molecular flexibility index (Phi) is 4.81. The minimum absolute atomic E-state index is 0.245. The highest BCUT2D eigenvalue weighted by atomic mass is 35.5. The maximum absolute atomic E-state index is 11.5. The lowest BCUT2D eigenvalue weighted by Crippen LogP contribution is -2.29. The van der Waals surface area contributed by atoms with Crippen molar-refractivity contribution in [1.29, 1.82) is 5.26 Å². The van der Waals surface area contributed by atoms with Crippen molar-refractivity contribution in [3.63, 3.8) is 0 Å². The normalized spacial score (nSPS) is 11.6. The number of rotatable bonds is 4. The van der Waals surface area contributed by atoms with E-state index in [4.69, 9.17) is 16.9 Å². The van der Waals surface area contributed by atoms with Crippen LogP contribution in [0.3, 0.4) is 0 Å². The quantitative estimate of drug-likeness (QED) is 0.873. The predicted molar refractivity (Wildman–Crippen MR) is 62.7 cm³/mol. The number of halogens is 1. The smallest absolute Gasteiger partial charge is 0.237 e. The number of carbonyl (C=O) groups is 1. The van der Waals surface area contributed by atoms with E-state index in [1.807, 2.05) is 31.2 Å². The summed E-state index contributed by atoms with van der Waals surface area (Å²) in [6.45, 7) is 2.17. The van der Waals surface area contributed by atoms with E-state index in [0.717, 1.165) is 5.56 Å². The van der Waals surface area contributed by atoms with Crippen LogP contribution in [0.5, 0.6) is 0 Å². The second kappa shape index (κ2) is 6.14. The van der Waals surface area contributed by atoms with E-state index in [2.05, 4.69) is 5.32 Å². The number of hydrogen-bond acceptors (Lipinski definition) is 2. The van der Waals surface area contributed by atoms with Crippen LogP contribution in [0.1, 0.15) is 18.9 Å². The number of hydrogen-bond donors (Lipinski definition) is 1. The Morgan fingerprint density at radius 1 is 1.56 bits per heavy atom. The first kappa shape index (κ1) is 12.5. The summed E-state index contributed by atoms with van der Waals surface area (Å²) in [7, 11) is 0. The minimum atomic E-state index is -0.581. The standard InChI is InChI=1S/C12H13ClN2O/c1-2-9(7-14)12(16)15-8-10-5-3-4-6-11(10)13/h3-6,9H,2,8H2,1H3,(H,15,16). The van der Waals surface area contributed by atoms with Crippen molar-refractivity contribution in [1.82, 2.24) is 5.32 Å². The van der Waals surface area contributed by atoms with Crippen molar-refractivity contribution in [3.05, 3.63) is 34.9 Å². The Morgan fingerprint density at radius 2 is 2.25 bits per heavy atom. The summed E-state index contributed by atoms with van der Waals surface area (Å²) in [5.74, 6) is -0.826. The van der Waals surface area contributed by atoms with Crippen molar-refractivity contribution in [2.75, 3.05) is 0 Å². The third kappa shape index (κ3) is 3.25. The van der Waals surface area contributed by atoms with Crippen molar-refractivity contribution in [2.24, 2.45) is 5.92 Å². The van der Waals surface area contributed by atoms with E-state index in [9.17, 15) is 4.79 Å². The van der Waals surface area contributed by atoms with E-state index < -0.39 is 5.92 Å². The van der Waals surface area contributed by atoms with Crippen LogP contribution in [0.25, 0.3) is 0 Å². The van der Waals surface area contributed by atoms with Gasteiger partial charge in [-0.1, -0.05) is 36.7 Å². The van der Waals surface area contributed by atoms with Gasteiger partial charge >= 0.3 is 0 Å². The van der Waals surface area contributed by atoms with E-state index in [-0.39, 0.29) is 5.91 Å². The third-order valence-electron chi connectivity index (χ3n) is 2.29. The molecule has 16 heavy (non-hydrogen) atoms. The van der Waals surface area contributed by atoms with Gasteiger partial charge in [0.1, 0.15) is 5.92 Å². The molecule has 0 heterocycles. The monoisotopic (exact) mass is 236 g/mol. The molecule has 1 atom stereocenters. The Hall–Kier alpha value is -1.53. The molecule has 1 amide bonds. The molecule has 84 valence electrons. The van der Waals surface area contributed by atoms with Gasteiger partial charge < -0.3 is 5.32 Å². The molecule has 0 fully saturated rings. The molecular formula is C12H13ClN2O. The molecule has 0 aromatic heterocycles. The van der Waals surface area contributed by atoms with E-state index in [1.165, 1.54) is 0 Å². The Labute approximate surface area is 100 Å². The first-order valence-corrected chi connectivity index (χ1v) is 5.47. The first-order chi connectivity index (χ1) is 7.69. The zero-order valence-electron chi connectivity index (χ0n) is 9.03. The van der Waals surface area contributed by atoms with Crippen LogP contribution in [0.15, 0.2) is 24.3 Å². The number of benzene rings is 1. The van der Waals surface area contributed by atoms with Crippen LogP contribution in [0.4, 0.5) is 0 Å². The van der Waals surface area contributed by atoms with E-state index in [0.29, 0.717) is 18.0 Å². The van der Waals surface area contributed by atoms with Gasteiger partial charge in [0.15, 0.2) is 0 Å². The Balaban J connectivity index is 2.56. The van der Waals surface area contributed by atoms with Crippen molar-refractivity contribution in [2.45, 2.75) is 19.9 Å². The van der Waals surface area contributed by atoms with Crippen molar-refractivity contribution in [3.8, 4) is 6.07 Å². The van der Waals surface area contributed by atoms with Crippen LogP contribution in [-0.2, 0) is 11.3 Å². The maximum Gasteiger partial charge on any atom is 0.237 e. The average molecular weight is 237 g/mol. The van der Waals surface area contributed by atoms with Crippen LogP contribution < -0.4 is 5.32 Å². The summed E-state index contributed by atoms with van der Waals surface area (Å²) in [5.41, 5.74) is 0.852. The van der Waals surface area contributed by atoms with Crippen LogP contribution in [0.2, 0.25) is 5.02 Å². The van der Waals surface area contributed by atoms with Gasteiger partial charge in [-0.2, -0.15) is 5.26 Å². The molecule has 0 saturated carbocycles. The van der Waals surface area contributed by atoms with Gasteiger partial charge in [0.2, 0.25) is 5.91 Å². The second-order valence-electron chi connectivity index (χ2n) is 3.40. The zero-order chi connectivity index (χ0) is 12.0. The van der Waals surface area contributed by atoms with E-state index >= 15 is 0 Å². The molecule has 4 heteroatoms. The molecule has 0 aliphatic rings. The van der Waals surface area contributed by atoms with Crippen molar-refractivity contribution >= 4 is 17.5 Å². The maximum atomic E-state index is 11.5. The number of carbonyl (C=O) groups excluding carboxylic acids is 1. The highest BCUT2D eigenvalue weighted by Gasteiger charge is 2.14. The highest BCUT2D eigenvalue weighted by Crippen LogP contribution is 2.14. The number of amides is 1. The summed E-state index contributed by atoms with van der Waals surface area (Å²) in [4.78, 5) is 11.5. The fourth-order valence-corrected chi connectivity index (χ4v) is 1.49.